The van der Waals surface area contributed by atoms with Crippen molar-refractivity contribution >= 4 is 23.4 Å². The molecule has 1 aliphatic rings. The number of hydrogen-bond acceptors (Lipinski definition) is 5. The van der Waals surface area contributed by atoms with Gasteiger partial charge in [0.15, 0.2) is 18.2 Å². The number of pyridine rings is 1. The van der Waals surface area contributed by atoms with E-state index in [0.29, 0.717) is 13.1 Å². The van der Waals surface area contributed by atoms with E-state index in [1.54, 1.807) is 11.0 Å². The van der Waals surface area contributed by atoms with E-state index in [-0.39, 0.29) is 24.8 Å². The number of carbonyl (C=O) groups excluding carboxylic acids is 3. The van der Waals surface area contributed by atoms with E-state index in [9.17, 15) is 14.4 Å². The highest BCUT2D eigenvalue weighted by Crippen LogP contribution is 2.13. The minimum Gasteiger partial charge on any atom is -0.459 e. The zero-order chi connectivity index (χ0) is 19.1. The number of hydrogen-bond donors (Lipinski definition) is 2. The second-order valence-electron chi connectivity index (χ2n) is 6.06. The van der Waals surface area contributed by atoms with Crippen LogP contribution in [0.25, 0.3) is 0 Å². The van der Waals surface area contributed by atoms with E-state index in [4.69, 9.17) is 4.42 Å². The Morgan fingerprint density at radius 3 is 2.41 bits per heavy atom. The number of H-pyrrole nitrogens is 1. The van der Waals surface area contributed by atoms with Gasteiger partial charge in [0.25, 0.3) is 5.91 Å². The van der Waals surface area contributed by atoms with Crippen molar-refractivity contribution in [3.8, 4) is 0 Å². The van der Waals surface area contributed by atoms with Crippen LogP contribution in [0.2, 0.25) is 0 Å². The fourth-order valence-electron chi connectivity index (χ4n) is 2.81. The molecule has 2 aromatic rings. The summed E-state index contributed by atoms with van der Waals surface area (Å²) in [6.45, 7) is 2.37. The molecule has 0 atom stereocenters. The predicted octanol–water partition coefficient (Wildman–Crippen LogP) is -0.711. The van der Waals surface area contributed by atoms with Gasteiger partial charge in [0.05, 0.1) is 19.4 Å². The largest absolute Gasteiger partial charge is 0.459 e. The fraction of sp³-hybridized carbons (Fsp3) is 0.333. The van der Waals surface area contributed by atoms with Gasteiger partial charge in [-0.3, -0.25) is 14.4 Å². The smallest absolute Gasteiger partial charge is 0.287 e. The molecular formula is C18H22N5O4+. The molecule has 0 radical (unpaired) electrons. The van der Waals surface area contributed by atoms with Gasteiger partial charge in [-0.2, -0.15) is 0 Å². The molecule has 2 aromatic heterocycles. The first-order chi connectivity index (χ1) is 13.1. The van der Waals surface area contributed by atoms with Gasteiger partial charge in [0, 0.05) is 44.0 Å². The van der Waals surface area contributed by atoms with Gasteiger partial charge in [-0.1, -0.05) is 0 Å². The summed E-state index contributed by atoms with van der Waals surface area (Å²) < 4.78 is 4.94. The average Bonchev–Trinajstić information content (AvgIpc) is 3.26. The standard InChI is InChI=1S/C18H21N5O4/c24-16(12-21-18(26)15-2-1-11-27-15)20-13-17(25)23-9-7-22(8-10-23)14-3-5-19-6-4-14/h1-6,11H,7-10,12-13H2,(H,20,24)(H,21,26)/p+1. The van der Waals surface area contributed by atoms with Crippen molar-refractivity contribution in [3.05, 3.63) is 48.7 Å². The van der Waals surface area contributed by atoms with Crippen LogP contribution >= 0.6 is 0 Å². The lowest BCUT2D eigenvalue weighted by Crippen LogP contribution is -2.51. The molecule has 3 N–H and O–H groups in total. The maximum atomic E-state index is 12.3. The van der Waals surface area contributed by atoms with Gasteiger partial charge in [-0.25, -0.2) is 4.98 Å². The van der Waals surface area contributed by atoms with E-state index in [0.717, 1.165) is 18.8 Å². The number of piperazine rings is 1. The summed E-state index contributed by atoms with van der Waals surface area (Å²) >= 11 is 0. The van der Waals surface area contributed by atoms with Gasteiger partial charge in [0.1, 0.15) is 0 Å². The van der Waals surface area contributed by atoms with E-state index < -0.39 is 11.8 Å². The molecule has 0 saturated carbocycles. The SMILES string of the molecule is O=C(CNC(=O)c1ccco1)NCC(=O)N1CCN(c2cc[nH+]cc2)CC1. The molecule has 27 heavy (non-hydrogen) atoms. The summed E-state index contributed by atoms with van der Waals surface area (Å²) in [5.74, 6) is -0.909. The Hall–Kier alpha value is -3.36. The van der Waals surface area contributed by atoms with Crippen LogP contribution in [0.3, 0.4) is 0 Å². The zero-order valence-corrected chi connectivity index (χ0v) is 14.8. The maximum absolute atomic E-state index is 12.3. The van der Waals surface area contributed by atoms with Crippen molar-refractivity contribution in [3.63, 3.8) is 0 Å². The highest BCUT2D eigenvalue weighted by atomic mass is 16.3. The van der Waals surface area contributed by atoms with Crippen LogP contribution in [0.15, 0.2) is 47.3 Å². The molecule has 9 nitrogen and oxygen atoms in total. The maximum Gasteiger partial charge on any atom is 0.287 e. The van der Waals surface area contributed by atoms with E-state index in [1.165, 1.54) is 12.3 Å². The molecule has 0 unspecified atom stereocenters. The van der Waals surface area contributed by atoms with Crippen LogP contribution in [0.5, 0.6) is 0 Å². The molecule has 1 saturated heterocycles. The highest BCUT2D eigenvalue weighted by Gasteiger charge is 2.21. The molecular weight excluding hydrogens is 350 g/mol. The van der Waals surface area contributed by atoms with Crippen molar-refractivity contribution in [1.29, 1.82) is 0 Å². The molecule has 3 rings (SSSR count). The minimum absolute atomic E-state index is 0.0875. The quantitative estimate of drug-likeness (QED) is 0.696. The normalized spacial score (nSPS) is 13.9. The molecule has 0 bridgehead atoms. The van der Waals surface area contributed by atoms with Crippen molar-refractivity contribution in [2.75, 3.05) is 44.2 Å². The van der Waals surface area contributed by atoms with Crippen LogP contribution in [-0.2, 0) is 9.59 Å². The summed E-state index contributed by atoms with van der Waals surface area (Å²) in [7, 11) is 0. The summed E-state index contributed by atoms with van der Waals surface area (Å²) in [5, 5.41) is 4.96. The average molecular weight is 372 g/mol. The first-order valence-electron chi connectivity index (χ1n) is 8.71. The predicted molar refractivity (Wildman–Crippen MR) is 95.8 cm³/mol. The number of nitrogens with zero attached hydrogens (tertiary/aromatic N) is 2. The fourth-order valence-corrected chi connectivity index (χ4v) is 2.81. The summed E-state index contributed by atoms with van der Waals surface area (Å²) in [4.78, 5) is 42.7. The Bertz CT molecular complexity index is 770. The van der Waals surface area contributed by atoms with Crippen LogP contribution in [0, 0.1) is 0 Å². The Balaban J connectivity index is 1.36. The molecule has 3 amide bonds. The van der Waals surface area contributed by atoms with E-state index >= 15 is 0 Å². The van der Waals surface area contributed by atoms with Crippen LogP contribution < -0.4 is 20.5 Å². The summed E-state index contributed by atoms with van der Waals surface area (Å²) in [6.07, 6.45) is 5.11. The number of aromatic amines is 1. The second kappa shape index (κ2) is 8.84. The van der Waals surface area contributed by atoms with Gasteiger partial charge >= 0.3 is 0 Å². The number of nitrogens with one attached hydrogen (secondary N) is 3. The Morgan fingerprint density at radius 1 is 1.00 bits per heavy atom. The number of furan rings is 1. The molecule has 1 fully saturated rings. The van der Waals surface area contributed by atoms with Gasteiger partial charge in [0.2, 0.25) is 11.8 Å². The second-order valence-corrected chi connectivity index (χ2v) is 6.06. The van der Waals surface area contributed by atoms with Crippen molar-refractivity contribution in [2.45, 2.75) is 0 Å². The number of amides is 3. The lowest BCUT2D eigenvalue weighted by atomic mass is 10.2. The minimum atomic E-state index is -0.476. The molecule has 0 spiro atoms. The lowest BCUT2D eigenvalue weighted by molar-refractivity contribution is -0.377. The van der Waals surface area contributed by atoms with Crippen LogP contribution in [0.4, 0.5) is 5.69 Å². The monoisotopic (exact) mass is 372 g/mol. The van der Waals surface area contributed by atoms with Crippen molar-refractivity contribution in [2.24, 2.45) is 0 Å². The molecule has 1 aliphatic heterocycles. The van der Waals surface area contributed by atoms with Gasteiger partial charge in [-0.15, -0.1) is 0 Å². The highest BCUT2D eigenvalue weighted by molar-refractivity contribution is 5.94. The van der Waals surface area contributed by atoms with E-state index in [2.05, 4.69) is 20.5 Å². The molecule has 0 aromatic carbocycles. The number of carbonyl (C=O) groups is 3. The molecule has 9 heteroatoms. The molecule has 0 aliphatic carbocycles. The first kappa shape index (κ1) is 18.4. The third kappa shape index (κ3) is 5.06. The third-order valence-corrected chi connectivity index (χ3v) is 4.29. The topological polar surface area (TPSA) is 109 Å². The first-order valence-corrected chi connectivity index (χ1v) is 8.71. The molecule has 3 heterocycles. The Morgan fingerprint density at radius 2 is 1.74 bits per heavy atom. The summed E-state index contributed by atoms with van der Waals surface area (Å²) in [6, 6.07) is 7.08. The lowest BCUT2D eigenvalue weighted by Gasteiger charge is -2.35. The van der Waals surface area contributed by atoms with Gasteiger partial charge in [-0.05, 0) is 12.1 Å². The Labute approximate surface area is 156 Å². The Kier molecular flexibility index (Phi) is 6.03. The van der Waals surface area contributed by atoms with Crippen molar-refractivity contribution < 1.29 is 23.8 Å². The number of aromatic nitrogens is 1. The summed E-state index contributed by atoms with van der Waals surface area (Å²) in [5.41, 5.74) is 1.11. The third-order valence-electron chi connectivity index (χ3n) is 4.29. The zero-order valence-electron chi connectivity index (χ0n) is 14.8. The number of anilines is 1. The number of rotatable bonds is 6. The van der Waals surface area contributed by atoms with Crippen LogP contribution in [-0.4, -0.2) is 61.9 Å². The van der Waals surface area contributed by atoms with Crippen LogP contribution in [0.1, 0.15) is 10.6 Å². The van der Waals surface area contributed by atoms with E-state index in [1.807, 2.05) is 24.5 Å². The molecule has 142 valence electrons. The van der Waals surface area contributed by atoms with Gasteiger partial charge < -0.3 is 24.9 Å². The van der Waals surface area contributed by atoms with Crippen molar-refractivity contribution in [1.82, 2.24) is 15.5 Å².